The van der Waals surface area contributed by atoms with Crippen LogP contribution in [0.4, 0.5) is 0 Å². The minimum absolute atomic E-state index is 0.243. The zero-order valence-electron chi connectivity index (χ0n) is 14.8. The summed E-state index contributed by atoms with van der Waals surface area (Å²) in [6.07, 6.45) is 0.831. The van der Waals surface area contributed by atoms with Gasteiger partial charge in [0.2, 0.25) is 10.0 Å². The van der Waals surface area contributed by atoms with Crippen LogP contribution < -0.4 is 15.4 Å². The highest BCUT2D eigenvalue weighted by Crippen LogP contribution is 2.11. The van der Waals surface area contributed by atoms with E-state index in [0.717, 1.165) is 29.1 Å². The Labute approximate surface area is 159 Å². The normalized spacial score (nSPS) is 12.0. The molecule has 140 valence electrons. The molecule has 0 radical (unpaired) electrons. The Bertz CT molecular complexity index is 852. The topological polar surface area (TPSA) is 82.6 Å². The van der Waals surface area contributed by atoms with Gasteiger partial charge in [0.25, 0.3) is 0 Å². The number of hydrogen-bond donors (Lipinski definition) is 3. The summed E-state index contributed by atoms with van der Waals surface area (Å²) >= 11 is 5.98. The van der Waals surface area contributed by atoms with E-state index >= 15 is 0 Å². The summed E-state index contributed by atoms with van der Waals surface area (Å²) in [4.78, 5) is 4.43. The van der Waals surface area contributed by atoms with E-state index in [4.69, 9.17) is 11.6 Å². The van der Waals surface area contributed by atoms with E-state index in [2.05, 4.69) is 20.3 Å². The number of hydrogen-bond acceptors (Lipinski definition) is 3. The Morgan fingerprint density at radius 2 is 1.81 bits per heavy atom. The largest absolute Gasteiger partial charge is 0.356 e. The van der Waals surface area contributed by atoms with Gasteiger partial charge in [-0.1, -0.05) is 35.9 Å². The lowest BCUT2D eigenvalue weighted by molar-refractivity contribution is 0.588. The molecule has 0 spiro atoms. The molecule has 0 fully saturated rings. The van der Waals surface area contributed by atoms with E-state index in [1.165, 1.54) is 7.05 Å². The molecule has 8 heteroatoms. The van der Waals surface area contributed by atoms with Gasteiger partial charge in [0, 0.05) is 25.2 Å². The van der Waals surface area contributed by atoms with Crippen LogP contribution >= 0.6 is 11.6 Å². The maximum Gasteiger partial charge on any atom is 0.240 e. The summed E-state index contributed by atoms with van der Waals surface area (Å²) in [7, 11) is -0.310. The van der Waals surface area contributed by atoms with Gasteiger partial charge in [0.1, 0.15) is 0 Å². The number of guanidine groups is 1. The van der Waals surface area contributed by atoms with Crippen LogP contribution in [0.15, 0.2) is 58.4 Å². The van der Waals surface area contributed by atoms with E-state index < -0.39 is 10.0 Å². The zero-order valence-corrected chi connectivity index (χ0v) is 16.4. The Morgan fingerprint density at radius 3 is 2.42 bits per heavy atom. The molecule has 2 aromatic carbocycles. The van der Waals surface area contributed by atoms with Gasteiger partial charge in [-0.05, 0) is 48.9 Å². The molecule has 0 heterocycles. The molecule has 0 saturated heterocycles. The van der Waals surface area contributed by atoms with Crippen molar-refractivity contribution in [2.24, 2.45) is 4.99 Å². The second-order valence-corrected chi connectivity index (χ2v) is 7.91. The fourth-order valence-electron chi connectivity index (χ4n) is 2.33. The first-order chi connectivity index (χ1) is 12.4. The van der Waals surface area contributed by atoms with Gasteiger partial charge in [0.05, 0.1) is 4.90 Å². The third kappa shape index (κ3) is 6.01. The van der Waals surface area contributed by atoms with Gasteiger partial charge in [0.15, 0.2) is 5.96 Å². The van der Waals surface area contributed by atoms with Crippen molar-refractivity contribution in [1.82, 2.24) is 15.4 Å². The second-order valence-electron chi connectivity index (χ2n) is 5.58. The van der Waals surface area contributed by atoms with Crippen molar-refractivity contribution in [3.63, 3.8) is 0 Å². The number of nitrogens with one attached hydrogen (secondary N) is 3. The van der Waals surface area contributed by atoms with Gasteiger partial charge in [-0.15, -0.1) is 0 Å². The summed E-state index contributed by atoms with van der Waals surface area (Å²) in [5.74, 6) is 0.680. The van der Waals surface area contributed by atoms with E-state index in [1.807, 2.05) is 24.3 Å². The Balaban J connectivity index is 1.83. The van der Waals surface area contributed by atoms with Crippen LogP contribution in [0.2, 0.25) is 5.02 Å². The molecule has 0 atom stereocenters. The molecular formula is C18H23ClN4O2S. The predicted octanol–water partition coefficient (Wildman–Crippen LogP) is 2.16. The van der Waals surface area contributed by atoms with Crippen molar-refractivity contribution < 1.29 is 8.42 Å². The number of sulfonamides is 1. The lowest BCUT2D eigenvalue weighted by Crippen LogP contribution is -2.37. The molecule has 0 bridgehead atoms. The van der Waals surface area contributed by atoms with Crippen molar-refractivity contribution >= 4 is 27.6 Å². The minimum Gasteiger partial charge on any atom is -0.356 e. The van der Waals surface area contributed by atoms with Gasteiger partial charge < -0.3 is 10.6 Å². The molecule has 2 rings (SSSR count). The van der Waals surface area contributed by atoms with E-state index in [9.17, 15) is 8.42 Å². The molecule has 6 nitrogen and oxygen atoms in total. The summed E-state index contributed by atoms with van der Waals surface area (Å²) in [5, 5.41) is 7.18. The molecule has 3 N–H and O–H groups in total. The highest BCUT2D eigenvalue weighted by molar-refractivity contribution is 7.89. The second kappa shape index (κ2) is 9.56. The maximum absolute atomic E-state index is 11.7. The number of aliphatic imine (C=N–C) groups is 1. The molecule has 0 unspecified atom stereocenters. The summed E-state index contributed by atoms with van der Waals surface area (Å²) in [6, 6.07) is 14.5. The molecule has 0 saturated carbocycles. The fraction of sp³-hybridized carbons (Fsp3) is 0.278. The molecular weight excluding hydrogens is 372 g/mol. The lowest BCUT2D eigenvalue weighted by Gasteiger charge is -2.12. The molecule has 0 aliphatic heterocycles. The first kappa shape index (κ1) is 20.2. The number of rotatable bonds is 7. The van der Waals surface area contributed by atoms with Crippen molar-refractivity contribution in [3.05, 3.63) is 64.7 Å². The molecule has 0 aliphatic carbocycles. The first-order valence-corrected chi connectivity index (χ1v) is 10.0. The van der Waals surface area contributed by atoms with Crippen LogP contribution in [0.3, 0.4) is 0 Å². The van der Waals surface area contributed by atoms with Crippen LogP contribution in [0.25, 0.3) is 0 Å². The number of nitrogens with zero attached hydrogens (tertiary/aromatic N) is 1. The molecule has 0 aliphatic rings. The standard InChI is InChI=1S/C18H23ClN4O2S/c1-20-18(22-11-10-14-4-3-5-16(19)12-14)23-13-15-6-8-17(9-7-15)26(24,25)21-2/h3-9,12,21H,10-11,13H2,1-2H3,(H2,20,22,23). The van der Waals surface area contributed by atoms with Gasteiger partial charge in [-0.3, -0.25) is 4.99 Å². The van der Waals surface area contributed by atoms with Crippen LogP contribution in [0, 0.1) is 0 Å². The van der Waals surface area contributed by atoms with Crippen molar-refractivity contribution in [1.29, 1.82) is 0 Å². The lowest BCUT2D eigenvalue weighted by atomic mass is 10.1. The Morgan fingerprint density at radius 1 is 1.08 bits per heavy atom. The average Bonchev–Trinajstić information content (AvgIpc) is 2.65. The van der Waals surface area contributed by atoms with Crippen LogP contribution in [0.5, 0.6) is 0 Å². The molecule has 2 aromatic rings. The highest BCUT2D eigenvalue weighted by atomic mass is 35.5. The fourth-order valence-corrected chi connectivity index (χ4v) is 3.27. The first-order valence-electron chi connectivity index (χ1n) is 8.16. The van der Waals surface area contributed by atoms with Crippen molar-refractivity contribution in [3.8, 4) is 0 Å². The third-order valence-corrected chi connectivity index (χ3v) is 5.45. The van der Waals surface area contributed by atoms with E-state index in [1.54, 1.807) is 31.3 Å². The van der Waals surface area contributed by atoms with Gasteiger partial charge >= 0.3 is 0 Å². The summed E-state index contributed by atoms with van der Waals surface area (Å²) in [6.45, 7) is 1.26. The highest BCUT2D eigenvalue weighted by Gasteiger charge is 2.10. The monoisotopic (exact) mass is 394 g/mol. The number of benzene rings is 2. The predicted molar refractivity (Wildman–Crippen MR) is 106 cm³/mol. The average molecular weight is 395 g/mol. The Kier molecular flexibility index (Phi) is 7.44. The maximum atomic E-state index is 11.7. The van der Waals surface area contributed by atoms with Crippen LogP contribution in [-0.4, -0.2) is 35.0 Å². The van der Waals surface area contributed by atoms with Crippen molar-refractivity contribution in [2.75, 3.05) is 20.6 Å². The van der Waals surface area contributed by atoms with E-state index in [0.29, 0.717) is 12.5 Å². The van der Waals surface area contributed by atoms with Gasteiger partial charge in [-0.25, -0.2) is 13.1 Å². The van der Waals surface area contributed by atoms with Crippen LogP contribution in [0.1, 0.15) is 11.1 Å². The quantitative estimate of drug-likeness (QED) is 0.496. The SMILES string of the molecule is CN=C(NCCc1cccc(Cl)c1)NCc1ccc(S(=O)(=O)NC)cc1. The van der Waals surface area contributed by atoms with Crippen LogP contribution in [-0.2, 0) is 23.0 Å². The summed E-state index contributed by atoms with van der Waals surface area (Å²) in [5.41, 5.74) is 2.11. The smallest absolute Gasteiger partial charge is 0.240 e. The number of halogens is 1. The Hall–Kier alpha value is -2.09. The summed E-state index contributed by atoms with van der Waals surface area (Å²) < 4.78 is 25.7. The van der Waals surface area contributed by atoms with E-state index in [-0.39, 0.29) is 4.90 Å². The third-order valence-electron chi connectivity index (χ3n) is 3.78. The van der Waals surface area contributed by atoms with Gasteiger partial charge in [-0.2, -0.15) is 0 Å². The molecule has 26 heavy (non-hydrogen) atoms. The zero-order chi connectivity index (χ0) is 19.0. The molecule has 0 amide bonds. The minimum atomic E-state index is -3.41. The molecule has 0 aromatic heterocycles. The van der Waals surface area contributed by atoms with Crippen molar-refractivity contribution in [2.45, 2.75) is 17.9 Å².